The molecule has 0 aliphatic carbocycles. The maximum Gasteiger partial charge on any atom is 0.347 e. The summed E-state index contributed by atoms with van der Waals surface area (Å²) < 4.78 is 10.3. The molecule has 2 N–H and O–H groups in total. The Labute approximate surface area is 118 Å². The van der Waals surface area contributed by atoms with Crippen LogP contribution in [0.4, 0.5) is 0 Å². The highest BCUT2D eigenvalue weighted by atomic mass is 16.6. The Kier molecular flexibility index (Phi) is 2.45. The molecule has 3 aliphatic rings. The first-order valence-electron chi connectivity index (χ1n) is 7.04. The van der Waals surface area contributed by atoms with Crippen molar-refractivity contribution in [2.45, 2.75) is 58.5 Å². The van der Waals surface area contributed by atoms with Gasteiger partial charge in [0.2, 0.25) is 6.10 Å². The highest BCUT2D eigenvalue weighted by Gasteiger charge is 2.90. The second-order valence-corrected chi connectivity index (χ2v) is 7.35. The molecule has 0 radical (unpaired) electrons. The third-order valence-electron chi connectivity index (χ3n) is 5.29. The van der Waals surface area contributed by atoms with Gasteiger partial charge in [-0.2, -0.15) is 0 Å². The Morgan fingerprint density at radius 3 is 2.25 bits per heavy atom. The Hall–Kier alpha value is -1.14. The lowest BCUT2D eigenvalue weighted by molar-refractivity contribution is -0.175. The molecule has 6 nitrogen and oxygen atoms in total. The van der Waals surface area contributed by atoms with Crippen molar-refractivity contribution in [2.75, 3.05) is 6.61 Å². The monoisotopic (exact) mass is 282 g/mol. The molecule has 3 saturated heterocycles. The zero-order chi connectivity index (χ0) is 15.0. The predicted molar refractivity (Wildman–Crippen MR) is 70.4 cm³/mol. The van der Waals surface area contributed by atoms with Gasteiger partial charge in [0, 0.05) is 6.42 Å². The molecule has 3 rings (SSSR count). The fourth-order valence-electron chi connectivity index (χ4n) is 3.29. The Bertz CT molecular complexity index is 490. The molecule has 0 aromatic heterocycles. The predicted octanol–water partition coefficient (Wildman–Crippen LogP) is 0.516. The zero-order valence-electron chi connectivity index (χ0n) is 12.6. The van der Waals surface area contributed by atoms with E-state index < -0.39 is 23.2 Å². The quantitative estimate of drug-likeness (QED) is 0.578. The van der Waals surface area contributed by atoms with Crippen molar-refractivity contribution in [1.29, 1.82) is 0 Å². The van der Waals surface area contributed by atoms with E-state index in [2.05, 4.69) is 10.6 Å². The Morgan fingerprint density at radius 2 is 1.90 bits per heavy atom. The van der Waals surface area contributed by atoms with Gasteiger partial charge in [-0.3, -0.25) is 15.4 Å². The van der Waals surface area contributed by atoms with Crippen molar-refractivity contribution in [3.05, 3.63) is 0 Å². The first-order chi connectivity index (χ1) is 9.07. The standard InChI is InChI=1S/C14H22N2O4/c1-11(2,3)12(4,14-13(5,15-14)16-14)10(18)20-8-6-7-19-9(8)17/h8,15-16H,6-7H2,1-5H3. The second-order valence-electron chi connectivity index (χ2n) is 7.35. The zero-order valence-corrected chi connectivity index (χ0v) is 12.6. The van der Waals surface area contributed by atoms with Gasteiger partial charge in [0.25, 0.3) is 0 Å². The van der Waals surface area contributed by atoms with Gasteiger partial charge in [0.15, 0.2) is 0 Å². The smallest absolute Gasteiger partial charge is 0.347 e. The number of carbonyl (C=O) groups is 2. The van der Waals surface area contributed by atoms with E-state index in [4.69, 9.17) is 9.47 Å². The highest BCUT2D eigenvalue weighted by Crippen LogP contribution is 2.66. The van der Waals surface area contributed by atoms with Gasteiger partial charge in [0.05, 0.1) is 6.61 Å². The third kappa shape index (κ3) is 1.46. The van der Waals surface area contributed by atoms with E-state index in [1.165, 1.54) is 0 Å². The second kappa shape index (κ2) is 3.54. The number of fused-ring (bicyclic) bond motifs is 1. The van der Waals surface area contributed by atoms with Crippen LogP contribution in [0.2, 0.25) is 0 Å². The molecular formula is C14H22N2O4. The molecule has 2 atom stereocenters. The summed E-state index contributed by atoms with van der Waals surface area (Å²) in [6.07, 6.45) is -0.319. The van der Waals surface area contributed by atoms with Crippen molar-refractivity contribution in [3.8, 4) is 0 Å². The molecule has 3 heterocycles. The summed E-state index contributed by atoms with van der Waals surface area (Å²) in [5, 5.41) is 6.64. The van der Waals surface area contributed by atoms with E-state index in [-0.39, 0.29) is 17.0 Å². The molecule has 0 saturated carbocycles. The maximum absolute atomic E-state index is 12.8. The molecule has 3 aliphatic heterocycles. The van der Waals surface area contributed by atoms with E-state index in [1.807, 2.05) is 34.6 Å². The van der Waals surface area contributed by atoms with Crippen LogP contribution in [0, 0.1) is 10.8 Å². The number of hydrogen-bond donors (Lipinski definition) is 2. The summed E-state index contributed by atoms with van der Waals surface area (Å²) in [6, 6.07) is 0. The number of cyclic esters (lactones) is 1. The Balaban J connectivity index is 1.84. The first kappa shape index (κ1) is 13.8. The van der Waals surface area contributed by atoms with Gasteiger partial charge in [-0.05, 0) is 19.3 Å². The molecule has 0 amide bonds. The largest absolute Gasteiger partial charge is 0.463 e. The van der Waals surface area contributed by atoms with Crippen LogP contribution in [-0.4, -0.2) is 36.0 Å². The van der Waals surface area contributed by atoms with Gasteiger partial charge in [-0.1, -0.05) is 20.8 Å². The van der Waals surface area contributed by atoms with Crippen LogP contribution < -0.4 is 10.6 Å². The fraction of sp³-hybridized carbons (Fsp3) is 0.857. The van der Waals surface area contributed by atoms with Gasteiger partial charge in [-0.15, -0.1) is 0 Å². The van der Waals surface area contributed by atoms with Gasteiger partial charge < -0.3 is 9.47 Å². The minimum atomic E-state index is -0.766. The number of rotatable bonds is 3. The number of hydrogen-bond acceptors (Lipinski definition) is 6. The van der Waals surface area contributed by atoms with Crippen molar-refractivity contribution < 1.29 is 19.1 Å². The van der Waals surface area contributed by atoms with E-state index in [1.54, 1.807) is 0 Å². The van der Waals surface area contributed by atoms with Crippen LogP contribution in [0.15, 0.2) is 0 Å². The van der Waals surface area contributed by atoms with Gasteiger partial charge in [0.1, 0.15) is 16.7 Å². The molecule has 0 aromatic rings. The van der Waals surface area contributed by atoms with E-state index >= 15 is 0 Å². The number of ether oxygens (including phenoxy) is 2. The van der Waals surface area contributed by atoms with Crippen molar-refractivity contribution in [2.24, 2.45) is 10.8 Å². The van der Waals surface area contributed by atoms with E-state index in [0.29, 0.717) is 13.0 Å². The molecule has 3 fully saturated rings. The van der Waals surface area contributed by atoms with Crippen LogP contribution in [-0.2, 0) is 19.1 Å². The minimum absolute atomic E-state index is 0.190. The van der Waals surface area contributed by atoms with Gasteiger partial charge in [-0.25, -0.2) is 4.79 Å². The highest BCUT2D eigenvalue weighted by molar-refractivity contribution is 5.86. The van der Waals surface area contributed by atoms with Crippen LogP contribution >= 0.6 is 0 Å². The minimum Gasteiger partial charge on any atom is -0.463 e. The van der Waals surface area contributed by atoms with Crippen molar-refractivity contribution in [3.63, 3.8) is 0 Å². The molecule has 2 unspecified atom stereocenters. The van der Waals surface area contributed by atoms with Crippen LogP contribution in [0.5, 0.6) is 0 Å². The summed E-state index contributed by atoms with van der Waals surface area (Å²) in [4.78, 5) is 24.3. The summed E-state index contributed by atoms with van der Waals surface area (Å²) in [5.74, 6) is -0.794. The number of nitrogens with one attached hydrogen (secondary N) is 2. The molecular weight excluding hydrogens is 260 g/mol. The molecule has 0 aromatic carbocycles. The topological polar surface area (TPSA) is 96.5 Å². The number of esters is 2. The Morgan fingerprint density at radius 1 is 1.35 bits per heavy atom. The lowest BCUT2D eigenvalue weighted by atomic mass is 9.64. The van der Waals surface area contributed by atoms with E-state index in [0.717, 1.165) is 0 Å². The van der Waals surface area contributed by atoms with Gasteiger partial charge >= 0.3 is 11.9 Å². The van der Waals surface area contributed by atoms with Crippen LogP contribution in [0.3, 0.4) is 0 Å². The SMILES string of the molecule is CC(C)(C)C(C)(C(=O)OC1CCOC1=O)C12NC1(C)N2. The lowest BCUT2D eigenvalue weighted by Gasteiger charge is -2.41. The fourth-order valence-corrected chi connectivity index (χ4v) is 3.29. The molecule has 20 heavy (non-hydrogen) atoms. The lowest BCUT2D eigenvalue weighted by Crippen LogP contribution is -2.55. The summed E-state index contributed by atoms with van der Waals surface area (Å²) in [7, 11) is 0. The summed E-state index contributed by atoms with van der Waals surface area (Å²) in [6.45, 7) is 10.3. The number of carbonyl (C=O) groups excluding carboxylic acids is 2. The first-order valence-corrected chi connectivity index (χ1v) is 7.04. The summed E-state index contributed by atoms with van der Waals surface area (Å²) >= 11 is 0. The van der Waals surface area contributed by atoms with E-state index in [9.17, 15) is 9.59 Å². The van der Waals surface area contributed by atoms with Crippen LogP contribution in [0.1, 0.15) is 41.0 Å². The molecule has 0 spiro atoms. The average Bonchev–Trinajstić information content (AvgIpc) is 3.00. The van der Waals surface area contributed by atoms with Crippen LogP contribution in [0.25, 0.3) is 0 Å². The third-order valence-corrected chi connectivity index (χ3v) is 5.29. The molecule has 0 bridgehead atoms. The summed E-state index contributed by atoms with van der Waals surface area (Å²) in [5.41, 5.74) is -1.69. The normalized spacial score (nSPS) is 41.5. The average molecular weight is 282 g/mol. The maximum atomic E-state index is 12.8. The molecule has 6 heteroatoms. The molecule has 112 valence electrons. The van der Waals surface area contributed by atoms with Crippen molar-refractivity contribution in [1.82, 2.24) is 10.6 Å². The van der Waals surface area contributed by atoms with Crippen molar-refractivity contribution >= 4 is 11.9 Å².